The molecule has 0 radical (unpaired) electrons. The molecule has 11 rings (SSSR count). The molecule has 4 nitrogen and oxygen atoms in total. The first-order valence-electron chi connectivity index (χ1n) is 16.1. The number of allylic oxidation sites excluding steroid dienone is 7. The van der Waals surface area contributed by atoms with Crippen LogP contribution in [0.1, 0.15) is 6.42 Å². The number of hydrogen-bond acceptors (Lipinski definition) is 3. The Labute approximate surface area is 266 Å². The molecule has 0 saturated heterocycles. The normalized spacial score (nSPS) is 21.9. The molecule has 4 aromatic carbocycles. The first kappa shape index (κ1) is 24.5. The standard InChI is InChI=1S/C42H28N3O/c1-2-11-26(12-3-1)43-35-17-7-8-18-36(35)45-39-24-31-28-13-4-6-16-34(28)44(38(31)25-32(39)30-15-10-19-37(43)42(30)45)27-21-22-41-33(23-27)29-14-5-9-20-40(29)46-41/h1-23,25,34,42H,24H2/q+1. The molecule has 0 spiro atoms. The van der Waals surface area contributed by atoms with Crippen molar-refractivity contribution in [1.29, 1.82) is 0 Å². The Morgan fingerprint density at radius 2 is 1.59 bits per heavy atom. The fraction of sp³-hybridized carbons (Fsp3) is 0.0714. The highest BCUT2D eigenvalue weighted by molar-refractivity contribution is 6.14. The number of anilines is 2. The second kappa shape index (κ2) is 8.86. The molecule has 4 heteroatoms. The lowest BCUT2D eigenvalue weighted by atomic mass is 9.88. The molecule has 0 bridgehead atoms. The van der Waals surface area contributed by atoms with E-state index in [4.69, 9.17) is 4.42 Å². The van der Waals surface area contributed by atoms with Crippen LogP contribution in [0.15, 0.2) is 184 Å². The summed E-state index contributed by atoms with van der Waals surface area (Å²) in [6.45, 7) is 0. The van der Waals surface area contributed by atoms with Crippen LogP contribution in [0.25, 0.3) is 21.9 Å². The van der Waals surface area contributed by atoms with E-state index in [1.54, 1.807) is 0 Å². The highest BCUT2D eigenvalue weighted by atomic mass is 16.3. The molecular weight excluding hydrogens is 562 g/mol. The number of benzene rings is 4. The van der Waals surface area contributed by atoms with Crippen LogP contribution < -0.4 is 14.4 Å². The van der Waals surface area contributed by atoms with Crippen LogP contribution in [0, 0.1) is 0 Å². The van der Waals surface area contributed by atoms with Crippen LogP contribution in [0.2, 0.25) is 0 Å². The Morgan fingerprint density at radius 1 is 0.739 bits per heavy atom. The molecule has 0 fully saturated rings. The van der Waals surface area contributed by atoms with Gasteiger partial charge in [-0.2, -0.15) is 4.58 Å². The maximum absolute atomic E-state index is 6.21. The number of fused-ring (bicyclic) bond motifs is 9. The summed E-state index contributed by atoms with van der Waals surface area (Å²) in [5.74, 6) is 0. The number of rotatable bonds is 2. The van der Waals surface area contributed by atoms with Crippen molar-refractivity contribution < 1.29 is 4.42 Å². The van der Waals surface area contributed by atoms with Gasteiger partial charge >= 0.3 is 0 Å². The van der Waals surface area contributed by atoms with E-state index >= 15 is 0 Å². The van der Waals surface area contributed by atoms with Crippen molar-refractivity contribution in [2.24, 2.45) is 0 Å². The van der Waals surface area contributed by atoms with Crippen LogP contribution in [0.3, 0.4) is 0 Å². The molecule has 2 unspecified atom stereocenters. The Bertz CT molecular complexity index is 2460. The number of furan rings is 1. The van der Waals surface area contributed by atoms with Crippen LogP contribution in [0.5, 0.6) is 0 Å². The van der Waals surface area contributed by atoms with Gasteiger partial charge in [-0.25, -0.2) is 0 Å². The zero-order chi connectivity index (χ0) is 29.9. The third-order valence-electron chi connectivity index (χ3n) is 10.4. The van der Waals surface area contributed by atoms with Gasteiger partial charge in [-0.1, -0.05) is 85.0 Å². The molecule has 3 aliphatic heterocycles. The van der Waals surface area contributed by atoms with Crippen LogP contribution in [0.4, 0.5) is 22.7 Å². The highest BCUT2D eigenvalue weighted by Gasteiger charge is 2.51. The first-order valence-corrected chi connectivity index (χ1v) is 16.1. The van der Waals surface area contributed by atoms with Crippen molar-refractivity contribution in [3.63, 3.8) is 0 Å². The van der Waals surface area contributed by atoms with Gasteiger partial charge in [0.05, 0.1) is 6.04 Å². The van der Waals surface area contributed by atoms with E-state index in [2.05, 4.69) is 154 Å². The van der Waals surface area contributed by atoms with Gasteiger partial charge in [0, 0.05) is 64.1 Å². The smallest absolute Gasteiger partial charge is 0.235 e. The number of hydrogen-bond donors (Lipinski definition) is 0. The van der Waals surface area contributed by atoms with Crippen LogP contribution in [-0.4, -0.2) is 17.8 Å². The van der Waals surface area contributed by atoms with Crippen LogP contribution in [-0.2, 0) is 0 Å². The van der Waals surface area contributed by atoms with Gasteiger partial charge in [-0.05, 0) is 53.1 Å². The van der Waals surface area contributed by atoms with Crippen molar-refractivity contribution in [2.75, 3.05) is 9.80 Å². The lowest BCUT2D eigenvalue weighted by molar-refractivity contribution is 0.669. The molecule has 6 aliphatic rings. The minimum atomic E-state index is 0.131. The van der Waals surface area contributed by atoms with Crippen molar-refractivity contribution in [3.8, 4) is 0 Å². The van der Waals surface area contributed by atoms with E-state index < -0.39 is 0 Å². The quantitative estimate of drug-likeness (QED) is 0.191. The Hall–Kier alpha value is -5.87. The number of para-hydroxylation sites is 4. The van der Waals surface area contributed by atoms with Crippen molar-refractivity contribution >= 4 is 50.4 Å². The van der Waals surface area contributed by atoms with E-state index in [1.165, 1.54) is 62.1 Å². The Morgan fingerprint density at radius 3 is 2.54 bits per heavy atom. The van der Waals surface area contributed by atoms with Crippen molar-refractivity contribution in [3.05, 3.63) is 179 Å². The van der Waals surface area contributed by atoms with E-state index in [1.807, 2.05) is 6.07 Å². The highest BCUT2D eigenvalue weighted by Crippen LogP contribution is 2.54. The topological polar surface area (TPSA) is 22.6 Å². The Balaban J connectivity index is 1.12. The average molecular weight is 591 g/mol. The van der Waals surface area contributed by atoms with Gasteiger partial charge in [0.25, 0.3) is 0 Å². The molecule has 3 aliphatic carbocycles. The van der Waals surface area contributed by atoms with Crippen molar-refractivity contribution in [1.82, 2.24) is 4.58 Å². The van der Waals surface area contributed by atoms with Gasteiger partial charge in [-0.3, -0.25) is 0 Å². The summed E-state index contributed by atoms with van der Waals surface area (Å²) in [5, 5.41) is 2.31. The fourth-order valence-electron chi connectivity index (χ4n) is 8.54. The van der Waals surface area contributed by atoms with E-state index in [-0.39, 0.29) is 12.1 Å². The second-order valence-electron chi connectivity index (χ2n) is 12.7. The summed E-state index contributed by atoms with van der Waals surface area (Å²) in [6, 6.07) is 35.0. The summed E-state index contributed by atoms with van der Waals surface area (Å²) >= 11 is 0. The third kappa shape index (κ3) is 3.10. The van der Waals surface area contributed by atoms with Crippen molar-refractivity contribution in [2.45, 2.75) is 18.5 Å². The lowest BCUT2D eigenvalue weighted by Gasteiger charge is -2.34. The summed E-state index contributed by atoms with van der Waals surface area (Å²) in [7, 11) is 0. The fourth-order valence-corrected chi connectivity index (χ4v) is 8.54. The molecule has 1 aromatic heterocycles. The van der Waals surface area contributed by atoms with E-state index in [0.717, 1.165) is 28.4 Å². The maximum Gasteiger partial charge on any atom is 0.235 e. The van der Waals surface area contributed by atoms with E-state index in [0.29, 0.717) is 0 Å². The third-order valence-corrected chi connectivity index (χ3v) is 10.4. The zero-order valence-corrected chi connectivity index (χ0v) is 25.0. The predicted molar refractivity (Wildman–Crippen MR) is 188 cm³/mol. The second-order valence-corrected chi connectivity index (χ2v) is 12.7. The van der Waals surface area contributed by atoms with Crippen LogP contribution >= 0.6 is 0 Å². The first-order chi connectivity index (χ1) is 22.8. The average Bonchev–Trinajstić information content (AvgIpc) is 3.76. The minimum Gasteiger partial charge on any atom is -0.456 e. The Kier molecular flexibility index (Phi) is 4.71. The molecule has 5 aromatic rings. The molecule has 216 valence electrons. The summed E-state index contributed by atoms with van der Waals surface area (Å²) in [4.78, 5) is 5.17. The summed E-state index contributed by atoms with van der Waals surface area (Å²) in [6.07, 6.45) is 19.3. The molecule has 0 saturated carbocycles. The minimum absolute atomic E-state index is 0.131. The zero-order valence-electron chi connectivity index (χ0n) is 25.0. The number of nitrogens with zero attached hydrogens (tertiary/aromatic N) is 3. The largest absolute Gasteiger partial charge is 0.456 e. The molecule has 2 atom stereocenters. The lowest BCUT2D eigenvalue weighted by Crippen LogP contribution is -2.45. The SMILES string of the molecule is C1=CC2=C3CC4=C(C=C3N(c3ccc5oc6ccccc6c5c3)C2C=C1)C1=CC=CC2=[N+](c3ccccc3)c3ccccc3N4C12. The molecular formula is C42H28N3O+. The molecule has 0 amide bonds. The monoisotopic (exact) mass is 590 g/mol. The van der Waals surface area contributed by atoms with Gasteiger partial charge in [0.2, 0.25) is 17.1 Å². The molecule has 4 heterocycles. The predicted octanol–water partition coefficient (Wildman–Crippen LogP) is 9.41. The van der Waals surface area contributed by atoms with Gasteiger partial charge in [-0.15, -0.1) is 0 Å². The van der Waals surface area contributed by atoms with Gasteiger partial charge < -0.3 is 14.2 Å². The summed E-state index contributed by atoms with van der Waals surface area (Å²) in [5.41, 5.74) is 16.2. The summed E-state index contributed by atoms with van der Waals surface area (Å²) < 4.78 is 8.66. The maximum atomic E-state index is 6.21. The van der Waals surface area contributed by atoms with E-state index in [9.17, 15) is 0 Å². The van der Waals surface area contributed by atoms with Gasteiger partial charge in [0.1, 0.15) is 22.9 Å². The molecule has 46 heavy (non-hydrogen) atoms. The van der Waals surface area contributed by atoms with Gasteiger partial charge in [0.15, 0.2) is 0 Å². The molecule has 0 N–H and O–H groups in total.